The Balaban J connectivity index is 2.07. The van der Waals surface area contributed by atoms with Gasteiger partial charge in [-0.25, -0.2) is 0 Å². The number of benzene rings is 1. The van der Waals surface area contributed by atoms with Crippen molar-refractivity contribution in [3.05, 3.63) is 35.4 Å². The first kappa shape index (κ1) is 10.4. The highest BCUT2D eigenvalue weighted by Gasteiger charge is 2.42. The molecule has 0 bridgehead atoms. The Hall–Kier alpha value is -1.15. The summed E-state index contributed by atoms with van der Waals surface area (Å²) in [6.07, 6.45) is 3.26. The second-order valence-corrected chi connectivity index (χ2v) is 4.32. The van der Waals surface area contributed by atoms with Gasteiger partial charge < -0.3 is 4.74 Å². The Kier molecular flexibility index (Phi) is 2.61. The highest BCUT2D eigenvalue weighted by Crippen LogP contribution is 2.41. The molecule has 0 N–H and O–H groups in total. The normalized spacial score (nSPS) is 17.5. The molecule has 2 rings (SSSR count). The van der Waals surface area contributed by atoms with Crippen molar-refractivity contribution in [1.29, 1.82) is 0 Å². The molecule has 1 saturated carbocycles. The lowest BCUT2D eigenvalue weighted by Gasteiger charge is -2.12. The molecule has 15 heavy (non-hydrogen) atoms. The molecule has 1 aromatic rings. The molecular formula is C13H16O2. The Morgan fingerprint density at radius 1 is 1.33 bits per heavy atom. The number of rotatable bonds is 4. The summed E-state index contributed by atoms with van der Waals surface area (Å²) in [5, 5.41) is 0. The average molecular weight is 204 g/mol. The van der Waals surface area contributed by atoms with Crippen molar-refractivity contribution < 1.29 is 9.53 Å². The maximum absolute atomic E-state index is 11.1. The zero-order chi connectivity index (χ0) is 10.9. The maximum atomic E-state index is 11.1. The van der Waals surface area contributed by atoms with Gasteiger partial charge in [0.15, 0.2) is 5.78 Å². The van der Waals surface area contributed by atoms with E-state index in [9.17, 15) is 4.79 Å². The summed E-state index contributed by atoms with van der Waals surface area (Å²) in [7, 11) is 1.77. The number of ether oxygens (including phenoxy) is 1. The van der Waals surface area contributed by atoms with Gasteiger partial charge in [-0.3, -0.25) is 4.79 Å². The van der Waals surface area contributed by atoms with Gasteiger partial charge in [-0.15, -0.1) is 0 Å². The van der Waals surface area contributed by atoms with Crippen LogP contribution in [0.25, 0.3) is 0 Å². The second kappa shape index (κ2) is 3.78. The van der Waals surface area contributed by atoms with E-state index in [-0.39, 0.29) is 11.4 Å². The van der Waals surface area contributed by atoms with Crippen LogP contribution >= 0.6 is 0 Å². The number of ketones is 1. The highest BCUT2D eigenvalue weighted by molar-refractivity contribution is 5.93. The van der Waals surface area contributed by atoms with E-state index in [2.05, 4.69) is 0 Å². The first-order chi connectivity index (χ1) is 7.15. The molecule has 0 unspecified atom stereocenters. The fourth-order valence-corrected chi connectivity index (χ4v) is 1.82. The molecule has 1 aliphatic rings. The SMILES string of the molecule is COC1(Cc2ccc(C(C)=O)cc2)CC1. The van der Waals surface area contributed by atoms with Gasteiger partial charge in [0.25, 0.3) is 0 Å². The molecule has 80 valence electrons. The summed E-state index contributed by atoms with van der Waals surface area (Å²) in [6.45, 7) is 1.59. The maximum Gasteiger partial charge on any atom is 0.159 e. The van der Waals surface area contributed by atoms with E-state index in [0.29, 0.717) is 0 Å². The Morgan fingerprint density at radius 2 is 1.93 bits per heavy atom. The Morgan fingerprint density at radius 3 is 2.33 bits per heavy atom. The minimum Gasteiger partial charge on any atom is -0.378 e. The third-order valence-corrected chi connectivity index (χ3v) is 3.13. The topological polar surface area (TPSA) is 26.3 Å². The Labute approximate surface area is 90.3 Å². The van der Waals surface area contributed by atoms with Crippen LogP contribution < -0.4 is 0 Å². The first-order valence-electron chi connectivity index (χ1n) is 5.30. The lowest BCUT2D eigenvalue weighted by atomic mass is 10.0. The third-order valence-electron chi connectivity index (χ3n) is 3.13. The number of hydrogen-bond donors (Lipinski definition) is 0. The van der Waals surface area contributed by atoms with Gasteiger partial charge in [-0.05, 0) is 25.3 Å². The summed E-state index contributed by atoms with van der Waals surface area (Å²) >= 11 is 0. The van der Waals surface area contributed by atoms with E-state index >= 15 is 0 Å². The van der Waals surface area contributed by atoms with E-state index < -0.39 is 0 Å². The molecule has 1 aliphatic carbocycles. The molecule has 1 fully saturated rings. The molecule has 1 aromatic carbocycles. The van der Waals surface area contributed by atoms with Gasteiger partial charge in [0.05, 0.1) is 5.60 Å². The molecule has 0 aromatic heterocycles. The molecule has 0 radical (unpaired) electrons. The number of Topliss-reactive ketones (excluding diaryl/α,β-unsaturated/α-hetero) is 1. The first-order valence-corrected chi connectivity index (χ1v) is 5.30. The number of carbonyl (C=O) groups is 1. The van der Waals surface area contributed by atoms with E-state index in [1.54, 1.807) is 14.0 Å². The average Bonchev–Trinajstić information content (AvgIpc) is 2.99. The molecule has 0 atom stereocenters. The number of hydrogen-bond acceptors (Lipinski definition) is 2. The number of carbonyl (C=O) groups excluding carboxylic acids is 1. The van der Waals surface area contributed by atoms with Crippen LogP contribution in [0.5, 0.6) is 0 Å². The van der Waals surface area contributed by atoms with Crippen LogP contribution in [0.1, 0.15) is 35.7 Å². The van der Waals surface area contributed by atoms with Crippen molar-refractivity contribution >= 4 is 5.78 Å². The van der Waals surface area contributed by atoms with Crippen LogP contribution in [-0.4, -0.2) is 18.5 Å². The molecule has 2 heteroatoms. The van der Waals surface area contributed by atoms with Crippen molar-refractivity contribution in [3.8, 4) is 0 Å². The van der Waals surface area contributed by atoms with Crippen LogP contribution in [0.4, 0.5) is 0 Å². The summed E-state index contributed by atoms with van der Waals surface area (Å²) in [5.74, 6) is 0.120. The smallest absolute Gasteiger partial charge is 0.159 e. The second-order valence-electron chi connectivity index (χ2n) is 4.32. The lowest BCUT2D eigenvalue weighted by molar-refractivity contribution is 0.0807. The monoisotopic (exact) mass is 204 g/mol. The standard InChI is InChI=1S/C13H16O2/c1-10(14)12-5-3-11(4-6-12)9-13(15-2)7-8-13/h3-6H,7-9H2,1-2H3. The predicted octanol–water partition coefficient (Wildman–Crippen LogP) is 2.61. The minimum atomic E-state index is 0.0950. The molecule has 0 spiro atoms. The predicted molar refractivity (Wildman–Crippen MR) is 59.1 cm³/mol. The summed E-state index contributed by atoms with van der Waals surface area (Å²) in [5.41, 5.74) is 2.12. The van der Waals surface area contributed by atoms with Crippen LogP contribution in [0.2, 0.25) is 0 Å². The quantitative estimate of drug-likeness (QED) is 0.705. The van der Waals surface area contributed by atoms with Crippen molar-refractivity contribution in [2.75, 3.05) is 7.11 Å². The highest BCUT2D eigenvalue weighted by atomic mass is 16.5. The fraction of sp³-hybridized carbons (Fsp3) is 0.462. The summed E-state index contributed by atoms with van der Waals surface area (Å²) in [6, 6.07) is 7.83. The summed E-state index contributed by atoms with van der Waals surface area (Å²) < 4.78 is 5.46. The molecule has 0 heterocycles. The van der Waals surface area contributed by atoms with Crippen LogP contribution in [0, 0.1) is 0 Å². The van der Waals surface area contributed by atoms with E-state index in [1.165, 1.54) is 5.56 Å². The van der Waals surface area contributed by atoms with Crippen molar-refractivity contribution in [2.45, 2.75) is 31.8 Å². The Bertz CT molecular complexity index is 361. The zero-order valence-electron chi connectivity index (χ0n) is 9.25. The summed E-state index contributed by atoms with van der Waals surface area (Å²) in [4.78, 5) is 11.1. The minimum absolute atomic E-state index is 0.0950. The van der Waals surface area contributed by atoms with E-state index in [4.69, 9.17) is 4.74 Å². The largest absolute Gasteiger partial charge is 0.378 e. The molecular weight excluding hydrogens is 188 g/mol. The third kappa shape index (κ3) is 2.26. The van der Waals surface area contributed by atoms with Crippen molar-refractivity contribution in [1.82, 2.24) is 0 Å². The molecule has 0 saturated heterocycles. The molecule has 2 nitrogen and oxygen atoms in total. The van der Waals surface area contributed by atoms with Gasteiger partial charge in [-0.2, -0.15) is 0 Å². The van der Waals surface area contributed by atoms with Gasteiger partial charge in [0.1, 0.15) is 0 Å². The van der Waals surface area contributed by atoms with Gasteiger partial charge in [-0.1, -0.05) is 24.3 Å². The number of methoxy groups -OCH3 is 1. The fourth-order valence-electron chi connectivity index (χ4n) is 1.82. The van der Waals surface area contributed by atoms with Gasteiger partial charge in [0.2, 0.25) is 0 Å². The zero-order valence-corrected chi connectivity index (χ0v) is 9.25. The van der Waals surface area contributed by atoms with Crippen molar-refractivity contribution in [3.63, 3.8) is 0 Å². The van der Waals surface area contributed by atoms with Gasteiger partial charge in [0, 0.05) is 19.1 Å². The molecule has 0 aliphatic heterocycles. The van der Waals surface area contributed by atoms with E-state index in [0.717, 1.165) is 24.8 Å². The van der Waals surface area contributed by atoms with E-state index in [1.807, 2.05) is 24.3 Å². The van der Waals surface area contributed by atoms with Gasteiger partial charge >= 0.3 is 0 Å². The lowest BCUT2D eigenvalue weighted by Crippen LogP contribution is -2.14. The van der Waals surface area contributed by atoms with Crippen molar-refractivity contribution in [2.24, 2.45) is 0 Å². The van der Waals surface area contributed by atoms with Crippen LogP contribution in [-0.2, 0) is 11.2 Å². The van der Waals surface area contributed by atoms with Crippen LogP contribution in [0.15, 0.2) is 24.3 Å². The molecule has 0 amide bonds. The van der Waals surface area contributed by atoms with Crippen LogP contribution in [0.3, 0.4) is 0 Å².